The number of halogens is 1. The first-order valence-electron chi connectivity index (χ1n) is 12.5. The summed E-state index contributed by atoms with van der Waals surface area (Å²) in [6.45, 7) is 0.337. The molecule has 1 amide bonds. The van der Waals surface area contributed by atoms with Gasteiger partial charge in [-0.2, -0.15) is 10.5 Å². The maximum atomic E-state index is 13.0. The molecular weight excluding hydrogens is 574 g/mol. The van der Waals surface area contributed by atoms with Crippen LogP contribution >= 0.6 is 27.3 Å². The Kier molecular flexibility index (Phi) is 7.97. The van der Waals surface area contributed by atoms with Crippen LogP contribution < -0.4 is 14.8 Å². The summed E-state index contributed by atoms with van der Waals surface area (Å²) in [7, 11) is 1.54. The number of aryl methyl sites for hydroxylation is 1. The second kappa shape index (κ2) is 11.7. The molecule has 0 unspecified atom stereocenters. The van der Waals surface area contributed by atoms with Crippen LogP contribution in [-0.2, 0) is 24.2 Å². The van der Waals surface area contributed by atoms with E-state index in [-0.39, 0.29) is 5.57 Å². The van der Waals surface area contributed by atoms with E-state index in [9.17, 15) is 15.3 Å². The number of nitrogens with one attached hydrogen (secondary N) is 1. The lowest BCUT2D eigenvalue weighted by Crippen LogP contribution is -2.13. The predicted molar refractivity (Wildman–Crippen MR) is 157 cm³/mol. The fourth-order valence-electron chi connectivity index (χ4n) is 4.79. The highest BCUT2D eigenvalue weighted by Gasteiger charge is 2.23. The van der Waals surface area contributed by atoms with E-state index in [0.29, 0.717) is 38.7 Å². The van der Waals surface area contributed by atoms with Crippen LogP contribution in [0.1, 0.15) is 40.0 Å². The van der Waals surface area contributed by atoms with E-state index < -0.39 is 5.91 Å². The van der Waals surface area contributed by atoms with Crippen molar-refractivity contribution in [2.75, 3.05) is 12.4 Å². The van der Waals surface area contributed by atoms with E-state index in [1.54, 1.807) is 19.2 Å². The molecule has 1 aromatic heterocycles. The highest BCUT2D eigenvalue weighted by Crippen LogP contribution is 2.39. The molecule has 0 spiro atoms. The average molecular weight is 599 g/mol. The third-order valence-electron chi connectivity index (χ3n) is 6.69. The zero-order chi connectivity index (χ0) is 27.4. The number of thiophene rings is 1. The zero-order valence-corrected chi connectivity index (χ0v) is 23.6. The van der Waals surface area contributed by atoms with Crippen LogP contribution in [0.15, 0.2) is 64.6 Å². The highest BCUT2D eigenvalue weighted by atomic mass is 79.9. The number of ether oxygens (including phenoxy) is 2. The Balaban J connectivity index is 1.38. The molecule has 0 bridgehead atoms. The molecule has 39 heavy (non-hydrogen) atoms. The molecule has 8 heteroatoms. The third kappa shape index (κ3) is 5.54. The maximum Gasteiger partial charge on any atom is 0.266 e. The van der Waals surface area contributed by atoms with E-state index in [4.69, 9.17) is 9.47 Å². The van der Waals surface area contributed by atoms with Crippen LogP contribution in [0.25, 0.3) is 16.8 Å². The molecule has 0 saturated heterocycles. The summed E-state index contributed by atoms with van der Waals surface area (Å²) < 4.78 is 12.4. The normalized spacial score (nSPS) is 12.8. The number of rotatable bonds is 7. The molecule has 1 N–H and O–H groups in total. The van der Waals surface area contributed by atoms with E-state index in [0.717, 1.165) is 52.5 Å². The minimum Gasteiger partial charge on any atom is -0.493 e. The van der Waals surface area contributed by atoms with Crippen molar-refractivity contribution in [2.45, 2.75) is 32.3 Å². The molecule has 1 heterocycles. The van der Waals surface area contributed by atoms with Crippen molar-refractivity contribution < 1.29 is 14.3 Å². The number of nitrogens with zero attached hydrogens (tertiary/aromatic N) is 2. The fraction of sp³-hybridized carbons (Fsp3) is 0.194. The standard InChI is InChI=1S/C31H24BrN3O3S/c1-37-27-15-19(14-26(32)29(27)38-18-21-9-6-8-20-7-2-3-10-23(20)21)13-22(16-33)30(36)35-31-25(17-34)24-11-4-5-12-28(24)39-31/h2-3,6-10,13-15H,4-5,11-12,18H2,1H3,(H,35,36)/b22-13-. The van der Waals surface area contributed by atoms with Gasteiger partial charge in [-0.25, -0.2) is 0 Å². The Morgan fingerprint density at radius 1 is 1.13 bits per heavy atom. The minimum absolute atomic E-state index is 0.0800. The number of benzene rings is 3. The summed E-state index contributed by atoms with van der Waals surface area (Å²) in [4.78, 5) is 14.2. The smallest absolute Gasteiger partial charge is 0.266 e. The number of carbonyl (C=O) groups excluding carboxylic acids is 1. The monoisotopic (exact) mass is 597 g/mol. The van der Waals surface area contributed by atoms with Gasteiger partial charge >= 0.3 is 0 Å². The molecule has 1 aliphatic carbocycles. The molecule has 0 atom stereocenters. The van der Waals surface area contributed by atoms with Gasteiger partial charge < -0.3 is 14.8 Å². The molecule has 4 aromatic rings. The van der Waals surface area contributed by atoms with E-state index in [2.05, 4.69) is 45.5 Å². The first-order chi connectivity index (χ1) is 19.0. The van der Waals surface area contributed by atoms with Crippen molar-refractivity contribution in [2.24, 2.45) is 0 Å². The van der Waals surface area contributed by atoms with Gasteiger partial charge in [0.15, 0.2) is 11.5 Å². The van der Waals surface area contributed by atoms with Crippen LogP contribution in [-0.4, -0.2) is 13.0 Å². The van der Waals surface area contributed by atoms with Crippen molar-refractivity contribution in [3.8, 4) is 23.6 Å². The topological polar surface area (TPSA) is 95.1 Å². The molecule has 5 rings (SSSR count). The van der Waals surface area contributed by atoms with Gasteiger partial charge in [0.25, 0.3) is 5.91 Å². The van der Waals surface area contributed by atoms with Gasteiger partial charge in [0.05, 0.1) is 17.1 Å². The van der Waals surface area contributed by atoms with Gasteiger partial charge in [0.2, 0.25) is 0 Å². The van der Waals surface area contributed by atoms with Crippen molar-refractivity contribution in [3.05, 3.63) is 91.8 Å². The summed E-state index contributed by atoms with van der Waals surface area (Å²) in [5.41, 5.74) is 3.09. The lowest BCUT2D eigenvalue weighted by atomic mass is 9.96. The second-order valence-corrected chi connectivity index (χ2v) is 11.1. The lowest BCUT2D eigenvalue weighted by molar-refractivity contribution is -0.112. The Morgan fingerprint density at radius 2 is 1.92 bits per heavy atom. The van der Waals surface area contributed by atoms with Crippen molar-refractivity contribution in [1.82, 2.24) is 0 Å². The number of amides is 1. The van der Waals surface area contributed by atoms with Gasteiger partial charge in [-0.05, 0) is 87.3 Å². The van der Waals surface area contributed by atoms with Crippen molar-refractivity contribution in [1.29, 1.82) is 10.5 Å². The Morgan fingerprint density at radius 3 is 2.72 bits per heavy atom. The van der Waals surface area contributed by atoms with Gasteiger partial charge in [0.1, 0.15) is 29.3 Å². The number of carbonyl (C=O) groups is 1. The molecule has 0 radical (unpaired) electrons. The van der Waals surface area contributed by atoms with Gasteiger partial charge in [-0.1, -0.05) is 42.5 Å². The van der Waals surface area contributed by atoms with Gasteiger partial charge in [-0.3, -0.25) is 4.79 Å². The maximum absolute atomic E-state index is 13.0. The molecule has 0 saturated carbocycles. The summed E-state index contributed by atoms with van der Waals surface area (Å²) in [6, 6.07) is 21.9. The summed E-state index contributed by atoms with van der Waals surface area (Å²) >= 11 is 4.99. The van der Waals surface area contributed by atoms with Crippen LogP contribution in [0.2, 0.25) is 0 Å². The van der Waals surface area contributed by atoms with Crippen LogP contribution in [0.5, 0.6) is 11.5 Å². The molecule has 194 valence electrons. The number of hydrogen-bond donors (Lipinski definition) is 1. The van der Waals surface area contributed by atoms with E-state index in [1.807, 2.05) is 30.3 Å². The van der Waals surface area contributed by atoms with E-state index >= 15 is 0 Å². The molecular formula is C31H24BrN3O3S. The SMILES string of the molecule is COc1cc(/C=C(/C#N)C(=O)Nc2sc3c(c2C#N)CCCC3)cc(Br)c1OCc1cccc2ccccc12. The quantitative estimate of drug-likeness (QED) is 0.175. The van der Waals surface area contributed by atoms with Crippen molar-refractivity contribution >= 4 is 55.0 Å². The first kappa shape index (κ1) is 26.5. The van der Waals surface area contributed by atoms with Gasteiger partial charge in [0, 0.05) is 4.88 Å². The number of methoxy groups -OCH3 is 1. The Bertz CT molecular complexity index is 1690. The Labute approximate surface area is 239 Å². The molecule has 0 fully saturated rings. The highest BCUT2D eigenvalue weighted by molar-refractivity contribution is 9.10. The lowest BCUT2D eigenvalue weighted by Gasteiger charge is -2.15. The van der Waals surface area contributed by atoms with Crippen LogP contribution in [0.3, 0.4) is 0 Å². The summed E-state index contributed by atoms with van der Waals surface area (Å²) in [5.74, 6) is 0.429. The predicted octanol–water partition coefficient (Wildman–Crippen LogP) is 7.55. The van der Waals surface area contributed by atoms with Crippen LogP contribution in [0, 0.1) is 22.7 Å². The van der Waals surface area contributed by atoms with Crippen LogP contribution in [0.4, 0.5) is 5.00 Å². The average Bonchev–Trinajstić information content (AvgIpc) is 3.31. The number of fused-ring (bicyclic) bond motifs is 2. The largest absolute Gasteiger partial charge is 0.493 e. The molecule has 0 aliphatic heterocycles. The third-order valence-corrected chi connectivity index (χ3v) is 8.49. The zero-order valence-electron chi connectivity index (χ0n) is 21.2. The van der Waals surface area contributed by atoms with E-state index in [1.165, 1.54) is 17.4 Å². The Hall–Kier alpha value is -4.11. The minimum atomic E-state index is -0.557. The first-order valence-corrected chi connectivity index (χ1v) is 14.1. The number of anilines is 1. The summed E-state index contributed by atoms with van der Waals surface area (Å²) in [5, 5.41) is 25.0. The number of nitriles is 2. The van der Waals surface area contributed by atoms with Gasteiger partial charge in [-0.15, -0.1) is 11.3 Å². The molecule has 6 nitrogen and oxygen atoms in total. The molecule has 3 aromatic carbocycles. The number of hydrogen-bond acceptors (Lipinski definition) is 6. The van der Waals surface area contributed by atoms with Crippen molar-refractivity contribution in [3.63, 3.8) is 0 Å². The second-order valence-electron chi connectivity index (χ2n) is 9.11. The summed E-state index contributed by atoms with van der Waals surface area (Å²) in [6.07, 6.45) is 5.36. The fourth-order valence-corrected chi connectivity index (χ4v) is 6.60. The molecule has 1 aliphatic rings.